The second kappa shape index (κ2) is 3.90. The van der Waals surface area contributed by atoms with Crippen LogP contribution in [0.1, 0.15) is 5.56 Å². The fourth-order valence-corrected chi connectivity index (χ4v) is 1.03. The van der Waals surface area contributed by atoms with Crippen molar-refractivity contribution in [2.24, 2.45) is 4.99 Å². The van der Waals surface area contributed by atoms with Crippen LogP contribution < -0.4 is 4.90 Å². The molecule has 12 heavy (non-hydrogen) atoms. The minimum atomic E-state index is 1.14. The largest absolute Gasteiger partial charge is 0.378 e. The first-order valence-corrected chi connectivity index (χ1v) is 3.93. The van der Waals surface area contributed by atoms with E-state index in [0.717, 1.165) is 5.56 Å². The van der Waals surface area contributed by atoms with Crippen LogP contribution in [-0.4, -0.2) is 27.4 Å². The van der Waals surface area contributed by atoms with Crippen molar-refractivity contribution in [3.8, 4) is 0 Å². The summed E-state index contributed by atoms with van der Waals surface area (Å²) in [5, 5.41) is 0. The molecular weight excluding hydrogens is 148 g/mol. The van der Waals surface area contributed by atoms with E-state index in [1.165, 1.54) is 5.69 Å². The molecule has 0 N–H and O–H groups in total. The van der Waals surface area contributed by atoms with Gasteiger partial charge < -0.3 is 4.90 Å². The Morgan fingerprint density at radius 3 is 2.67 bits per heavy atom. The van der Waals surface area contributed by atoms with Gasteiger partial charge in [0.05, 0.1) is 0 Å². The van der Waals surface area contributed by atoms with Crippen molar-refractivity contribution in [1.29, 1.82) is 0 Å². The molecular formula is C10H14N2. The Bertz CT molecular complexity index is 277. The molecule has 1 aromatic rings. The maximum absolute atomic E-state index is 3.96. The van der Waals surface area contributed by atoms with Crippen LogP contribution in [0, 0.1) is 0 Å². The van der Waals surface area contributed by atoms with E-state index in [1.807, 2.05) is 32.4 Å². The summed E-state index contributed by atoms with van der Waals surface area (Å²) < 4.78 is 0. The second-order valence-electron chi connectivity index (χ2n) is 2.88. The fourth-order valence-electron chi connectivity index (χ4n) is 1.03. The molecule has 0 aliphatic rings. The molecule has 0 fully saturated rings. The van der Waals surface area contributed by atoms with Crippen LogP contribution in [0.15, 0.2) is 29.3 Å². The molecule has 0 aliphatic heterocycles. The SMILES string of the molecule is CN=Cc1cccc(N(C)C)c1. The lowest BCUT2D eigenvalue weighted by Gasteiger charge is -2.12. The van der Waals surface area contributed by atoms with Gasteiger partial charge in [0, 0.05) is 33.0 Å². The average Bonchev–Trinajstić information content (AvgIpc) is 2.05. The third-order valence-corrected chi connectivity index (χ3v) is 1.66. The van der Waals surface area contributed by atoms with Crippen LogP contribution in [0.3, 0.4) is 0 Å². The van der Waals surface area contributed by atoms with Crippen LogP contribution in [0.5, 0.6) is 0 Å². The zero-order valence-electron chi connectivity index (χ0n) is 7.78. The topological polar surface area (TPSA) is 15.6 Å². The third-order valence-electron chi connectivity index (χ3n) is 1.66. The highest BCUT2D eigenvalue weighted by Gasteiger charge is 1.93. The third kappa shape index (κ3) is 2.09. The molecule has 64 valence electrons. The zero-order valence-corrected chi connectivity index (χ0v) is 7.78. The number of rotatable bonds is 2. The Kier molecular flexibility index (Phi) is 2.86. The monoisotopic (exact) mass is 162 g/mol. The first-order chi connectivity index (χ1) is 5.74. The van der Waals surface area contributed by atoms with Gasteiger partial charge in [-0.05, 0) is 17.7 Å². The fraction of sp³-hybridized carbons (Fsp3) is 0.300. The summed E-state index contributed by atoms with van der Waals surface area (Å²) in [7, 11) is 5.84. The molecule has 0 aliphatic carbocycles. The Hall–Kier alpha value is -1.31. The number of anilines is 1. The van der Waals surface area contributed by atoms with E-state index < -0.39 is 0 Å². The lowest BCUT2D eigenvalue weighted by molar-refractivity contribution is 1.13. The van der Waals surface area contributed by atoms with Crippen LogP contribution >= 0.6 is 0 Å². The summed E-state index contributed by atoms with van der Waals surface area (Å²) in [6.07, 6.45) is 1.85. The van der Waals surface area contributed by atoms with Crippen molar-refractivity contribution in [1.82, 2.24) is 0 Å². The van der Waals surface area contributed by atoms with Crippen molar-refractivity contribution >= 4 is 11.9 Å². The number of benzene rings is 1. The van der Waals surface area contributed by atoms with Crippen molar-refractivity contribution in [2.45, 2.75) is 0 Å². The van der Waals surface area contributed by atoms with Gasteiger partial charge in [-0.2, -0.15) is 0 Å². The molecule has 1 aromatic carbocycles. The molecule has 0 amide bonds. The van der Waals surface area contributed by atoms with Gasteiger partial charge in [-0.25, -0.2) is 0 Å². The zero-order chi connectivity index (χ0) is 8.97. The normalized spacial score (nSPS) is 10.6. The van der Waals surface area contributed by atoms with Gasteiger partial charge in [0.25, 0.3) is 0 Å². The molecule has 2 nitrogen and oxygen atoms in total. The molecule has 0 spiro atoms. The molecule has 0 atom stereocenters. The number of hydrogen-bond donors (Lipinski definition) is 0. The maximum Gasteiger partial charge on any atom is 0.0367 e. The van der Waals surface area contributed by atoms with Gasteiger partial charge in [0.15, 0.2) is 0 Å². The Morgan fingerprint density at radius 1 is 1.33 bits per heavy atom. The highest BCUT2D eigenvalue weighted by Crippen LogP contribution is 2.11. The van der Waals surface area contributed by atoms with Crippen LogP contribution in [0.25, 0.3) is 0 Å². The van der Waals surface area contributed by atoms with E-state index in [4.69, 9.17) is 0 Å². The van der Waals surface area contributed by atoms with Crippen molar-refractivity contribution < 1.29 is 0 Å². The van der Waals surface area contributed by atoms with Crippen molar-refractivity contribution in [3.05, 3.63) is 29.8 Å². The van der Waals surface area contributed by atoms with Crippen LogP contribution in [0.4, 0.5) is 5.69 Å². The first-order valence-electron chi connectivity index (χ1n) is 3.93. The summed E-state index contributed by atoms with van der Waals surface area (Å²) in [6.45, 7) is 0. The summed E-state index contributed by atoms with van der Waals surface area (Å²) in [5.41, 5.74) is 2.34. The number of hydrogen-bond acceptors (Lipinski definition) is 2. The van der Waals surface area contributed by atoms with E-state index in [0.29, 0.717) is 0 Å². The highest BCUT2D eigenvalue weighted by atomic mass is 15.1. The van der Waals surface area contributed by atoms with Crippen molar-refractivity contribution in [3.63, 3.8) is 0 Å². The van der Waals surface area contributed by atoms with Gasteiger partial charge in [0.1, 0.15) is 0 Å². The summed E-state index contributed by atoms with van der Waals surface area (Å²) in [4.78, 5) is 6.04. The quantitative estimate of drug-likeness (QED) is 0.605. The van der Waals surface area contributed by atoms with Crippen LogP contribution in [-0.2, 0) is 0 Å². The maximum atomic E-state index is 3.96. The second-order valence-corrected chi connectivity index (χ2v) is 2.88. The molecule has 0 saturated heterocycles. The van der Waals surface area contributed by atoms with E-state index in [2.05, 4.69) is 22.0 Å². The molecule has 0 saturated carbocycles. The number of nitrogens with zero attached hydrogens (tertiary/aromatic N) is 2. The molecule has 0 unspecified atom stereocenters. The number of aliphatic imine (C=N–C) groups is 1. The minimum absolute atomic E-state index is 1.14. The minimum Gasteiger partial charge on any atom is -0.378 e. The predicted molar refractivity (Wildman–Crippen MR) is 54.3 cm³/mol. The van der Waals surface area contributed by atoms with E-state index >= 15 is 0 Å². The Labute approximate surface area is 73.5 Å². The van der Waals surface area contributed by atoms with Gasteiger partial charge >= 0.3 is 0 Å². The lowest BCUT2D eigenvalue weighted by atomic mass is 10.2. The van der Waals surface area contributed by atoms with Crippen LogP contribution in [0.2, 0.25) is 0 Å². The highest BCUT2D eigenvalue weighted by molar-refractivity contribution is 5.81. The summed E-state index contributed by atoms with van der Waals surface area (Å²) in [6, 6.07) is 8.26. The van der Waals surface area contributed by atoms with Gasteiger partial charge in [-0.3, -0.25) is 4.99 Å². The molecule has 0 heterocycles. The van der Waals surface area contributed by atoms with Gasteiger partial charge in [0.2, 0.25) is 0 Å². The molecule has 0 aromatic heterocycles. The Balaban J connectivity index is 2.95. The average molecular weight is 162 g/mol. The first kappa shape index (κ1) is 8.78. The molecule has 0 bridgehead atoms. The smallest absolute Gasteiger partial charge is 0.0367 e. The predicted octanol–water partition coefficient (Wildman–Crippen LogP) is 1.80. The summed E-state index contributed by atoms with van der Waals surface area (Å²) >= 11 is 0. The van der Waals surface area contributed by atoms with E-state index in [-0.39, 0.29) is 0 Å². The van der Waals surface area contributed by atoms with E-state index in [9.17, 15) is 0 Å². The molecule has 2 heteroatoms. The van der Waals surface area contributed by atoms with Crippen molar-refractivity contribution in [2.75, 3.05) is 26.0 Å². The van der Waals surface area contributed by atoms with Gasteiger partial charge in [-0.1, -0.05) is 12.1 Å². The lowest BCUT2D eigenvalue weighted by Crippen LogP contribution is -2.08. The molecule has 0 radical (unpaired) electrons. The summed E-state index contributed by atoms with van der Waals surface area (Å²) in [5.74, 6) is 0. The van der Waals surface area contributed by atoms with Gasteiger partial charge in [-0.15, -0.1) is 0 Å². The standard InChI is InChI=1S/C10H14N2/c1-11-8-9-5-4-6-10(7-9)12(2)3/h4-8H,1-3H3. The Morgan fingerprint density at radius 2 is 2.08 bits per heavy atom. The molecule has 1 rings (SSSR count). The van der Waals surface area contributed by atoms with E-state index in [1.54, 1.807) is 7.05 Å².